The van der Waals surface area contributed by atoms with Gasteiger partial charge in [-0.2, -0.15) is 0 Å². The Kier molecular flexibility index (Phi) is 4.96. The van der Waals surface area contributed by atoms with Crippen molar-refractivity contribution in [3.8, 4) is 0 Å². The molecule has 1 atom stereocenters. The first-order valence-electron chi connectivity index (χ1n) is 9.23. The molecule has 1 saturated heterocycles. The number of rotatable bonds is 4. The summed E-state index contributed by atoms with van der Waals surface area (Å²) in [6.07, 6.45) is -0.241. The fraction of sp³-hybridized carbons (Fsp3) is 0.300. The number of aromatic nitrogens is 3. The third-order valence-electron chi connectivity index (χ3n) is 5.05. The summed E-state index contributed by atoms with van der Waals surface area (Å²) in [6.45, 7) is -0.413. The Bertz CT molecular complexity index is 1190. The van der Waals surface area contributed by atoms with Gasteiger partial charge in [-0.1, -0.05) is 12.1 Å². The lowest BCUT2D eigenvalue weighted by Crippen LogP contribution is -2.36. The van der Waals surface area contributed by atoms with Crippen molar-refractivity contribution in [3.63, 3.8) is 0 Å². The molecule has 2 aromatic heterocycles. The number of H-pyrrole nitrogens is 1. The number of hydrogen-bond donors (Lipinski definition) is 1. The summed E-state index contributed by atoms with van der Waals surface area (Å²) >= 11 is 0. The van der Waals surface area contributed by atoms with E-state index < -0.39 is 36.0 Å². The molecule has 1 N–H and O–H groups in total. The van der Waals surface area contributed by atoms with Crippen LogP contribution in [0.5, 0.6) is 0 Å². The number of para-hydroxylation sites is 1. The van der Waals surface area contributed by atoms with Gasteiger partial charge in [0.15, 0.2) is 0 Å². The standard InChI is InChI=1S/C20H18F2N4O3/c21-16(22)11-26-18(24-14-5-2-1-4-13(14)20(26)29)15-6-3-9-25(15)19(28)12-7-8-23-17(27)10-12/h1-2,4-5,7-8,10,15-16H,3,6,9,11H2,(H,23,27). The summed E-state index contributed by atoms with van der Waals surface area (Å²) in [7, 11) is 0. The van der Waals surface area contributed by atoms with Crippen LogP contribution in [-0.2, 0) is 6.54 Å². The molecule has 1 amide bonds. The molecule has 0 saturated carbocycles. The molecule has 0 aliphatic carbocycles. The number of fused-ring (bicyclic) bond motifs is 1. The number of amides is 1. The second kappa shape index (κ2) is 7.57. The molecule has 4 rings (SSSR count). The molecule has 1 aliphatic rings. The lowest BCUT2D eigenvalue weighted by Gasteiger charge is -2.26. The Morgan fingerprint density at radius 1 is 1.24 bits per heavy atom. The van der Waals surface area contributed by atoms with Gasteiger partial charge < -0.3 is 9.88 Å². The van der Waals surface area contributed by atoms with Gasteiger partial charge in [-0.3, -0.25) is 19.0 Å². The molecular formula is C20H18F2N4O3. The number of alkyl halides is 2. The third kappa shape index (κ3) is 3.55. The predicted molar refractivity (Wildman–Crippen MR) is 102 cm³/mol. The highest BCUT2D eigenvalue weighted by Gasteiger charge is 2.34. The lowest BCUT2D eigenvalue weighted by atomic mass is 10.1. The first-order valence-corrected chi connectivity index (χ1v) is 9.23. The summed E-state index contributed by atoms with van der Waals surface area (Å²) in [5, 5.41) is 0.252. The van der Waals surface area contributed by atoms with E-state index in [-0.39, 0.29) is 16.8 Å². The van der Waals surface area contributed by atoms with E-state index >= 15 is 0 Å². The molecule has 1 aliphatic heterocycles. The van der Waals surface area contributed by atoms with Gasteiger partial charge in [0.05, 0.1) is 23.5 Å². The van der Waals surface area contributed by atoms with E-state index in [4.69, 9.17) is 0 Å². The van der Waals surface area contributed by atoms with E-state index in [2.05, 4.69) is 9.97 Å². The van der Waals surface area contributed by atoms with E-state index in [1.807, 2.05) is 0 Å². The number of halogens is 2. The van der Waals surface area contributed by atoms with Crippen molar-refractivity contribution in [1.29, 1.82) is 0 Å². The molecule has 9 heteroatoms. The fourth-order valence-corrected chi connectivity index (χ4v) is 3.78. The average molecular weight is 400 g/mol. The highest BCUT2D eigenvalue weighted by molar-refractivity contribution is 5.94. The number of carbonyl (C=O) groups is 1. The SMILES string of the molecule is O=C(c1cc[nH]c(=O)c1)N1CCCC1c1nc2ccccc2c(=O)n1CC(F)F. The number of nitrogens with zero attached hydrogens (tertiary/aromatic N) is 3. The normalized spacial score (nSPS) is 16.7. The van der Waals surface area contributed by atoms with Gasteiger partial charge in [0.2, 0.25) is 5.56 Å². The molecule has 29 heavy (non-hydrogen) atoms. The van der Waals surface area contributed by atoms with Gasteiger partial charge >= 0.3 is 0 Å². The molecule has 3 heterocycles. The highest BCUT2D eigenvalue weighted by Crippen LogP contribution is 2.32. The van der Waals surface area contributed by atoms with Crippen LogP contribution < -0.4 is 11.1 Å². The van der Waals surface area contributed by atoms with Gasteiger partial charge in [0.1, 0.15) is 5.82 Å². The largest absolute Gasteiger partial charge is 0.329 e. The Hall–Kier alpha value is -3.36. The zero-order chi connectivity index (χ0) is 20.5. The second-order valence-electron chi connectivity index (χ2n) is 6.89. The summed E-state index contributed by atoms with van der Waals surface area (Å²) in [6, 6.07) is 8.60. The number of aromatic amines is 1. The molecule has 0 bridgehead atoms. The van der Waals surface area contributed by atoms with Crippen LogP contribution in [0.25, 0.3) is 10.9 Å². The maximum atomic E-state index is 13.2. The molecule has 7 nitrogen and oxygen atoms in total. The van der Waals surface area contributed by atoms with Crippen molar-refractivity contribution in [2.45, 2.75) is 31.9 Å². The zero-order valence-corrected chi connectivity index (χ0v) is 15.3. The summed E-state index contributed by atoms with van der Waals surface area (Å²) in [4.78, 5) is 45.8. The van der Waals surface area contributed by atoms with Crippen molar-refractivity contribution in [2.75, 3.05) is 6.54 Å². The number of benzene rings is 1. The number of carbonyl (C=O) groups excluding carboxylic acids is 1. The molecular weight excluding hydrogens is 382 g/mol. The monoisotopic (exact) mass is 400 g/mol. The smallest absolute Gasteiger partial charge is 0.261 e. The molecule has 1 unspecified atom stereocenters. The van der Waals surface area contributed by atoms with E-state index in [1.54, 1.807) is 24.3 Å². The topological polar surface area (TPSA) is 88.1 Å². The summed E-state index contributed by atoms with van der Waals surface area (Å²) < 4.78 is 27.4. The van der Waals surface area contributed by atoms with Gasteiger partial charge in [-0.05, 0) is 31.0 Å². The van der Waals surface area contributed by atoms with E-state index in [0.29, 0.717) is 24.9 Å². The lowest BCUT2D eigenvalue weighted by molar-refractivity contribution is 0.0720. The van der Waals surface area contributed by atoms with Crippen molar-refractivity contribution in [3.05, 3.63) is 74.7 Å². The number of hydrogen-bond acceptors (Lipinski definition) is 4. The third-order valence-corrected chi connectivity index (χ3v) is 5.05. The molecule has 0 spiro atoms. The quantitative estimate of drug-likeness (QED) is 0.728. The van der Waals surface area contributed by atoms with E-state index in [9.17, 15) is 23.2 Å². The summed E-state index contributed by atoms with van der Waals surface area (Å²) in [5.41, 5.74) is -0.371. The predicted octanol–water partition coefficient (Wildman–Crippen LogP) is 2.33. The minimum absolute atomic E-state index is 0.143. The van der Waals surface area contributed by atoms with Gasteiger partial charge in [-0.15, -0.1) is 0 Å². The number of nitrogens with one attached hydrogen (secondary N) is 1. The number of likely N-dealkylation sites (tertiary alicyclic amines) is 1. The first-order chi connectivity index (χ1) is 14.0. The maximum Gasteiger partial charge on any atom is 0.261 e. The van der Waals surface area contributed by atoms with Crippen molar-refractivity contribution >= 4 is 16.8 Å². The van der Waals surface area contributed by atoms with Crippen LogP contribution >= 0.6 is 0 Å². The van der Waals surface area contributed by atoms with Crippen LogP contribution in [0, 0.1) is 0 Å². The maximum absolute atomic E-state index is 13.2. The van der Waals surface area contributed by atoms with Gasteiger partial charge in [0, 0.05) is 24.4 Å². The summed E-state index contributed by atoms with van der Waals surface area (Å²) in [5.74, 6) is -0.255. The minimum Gasteiger partial charge on any atom is -0.329 e. The Balaban J connectivity index is 1.83. The molecule has 1 fully saturated rings. The zero-order valence-electron chi connectivity index (χ0n) is 15.3. The van der Waals surface area contributed by atoms with Gasteiger partial charge in [-0.25, -0.2) is 13.8 Å². The van der Waals surface area contributed by atoms with Crippen LogP contribution in [0.1, 0.15) is 35.1 Å². The van der Waals surface area contributed by atoms with Crippen LogP contribution in [0.3, 0.4) is 0 Å². The van der Waals surface area contributed by atoms with Crippen LogP contribution in [-0.4, -0.2) is 38.3 Å². The Morgan fingerprint density at radius 2 is 2.03 bits per heavy atom. The molecule has 3 aromatic rings. The number of pyridine rings is 1. The fourth-order valence-electron chi connectivity index (χ4n) is 3.78. The highest BCUT2D eigenvalue weighted by atomic mass is 19.3. The van der Waals surface area contributed by atoms with Crippen LogP contribution in [0.4, 0.5) is 8.78 Å². The van der Waals surface area contributed by atoms with Crippen LogP contribution in [0.15, 0.2) is 52.2 Å². The van der Waals surface area contributed by atoms with Crippen molar-refractivity contribution < 1.29 is 13.6 Å². The Morgan fingerprint density at radius 3 is 2.79 bits per heavy atom. The van der Waals surface area contributed by atoms with Crippen molar-refractivity contribution in [1.82, 2.24) is 19.4 Å². The average Bonchev–Trinajstić information content (AvgIpc) is 3.19. The molecule has 1 aromatic carbocycles. The van der Waals surface area contributed by atoms with E-state index in [0.717, 1.165) is 4.57 Å². The van der Waals surface area contributed by atoms with Gasteiger partial charge in [0.25, 0.3) is 17.9 Å². The van der Waals surface area contributed by atoms with Crippen molar-refractivity contribution in [2.24, 2.45) is 0 Å². The van der Waals surface area contributed by atoms with Crippen LogP contribution in [0.2, 0.25) is 0 Å². The Labute approximate surface area is 163 Å². The van der Waals surface area contributed by atoms with E-state index in [1.165, 1.54) is 23.2 Å². The molecule has 0 radical (unpaired) electrons. The minimum atomic E-state index is -2.74. The first kappa shape index (κ1) is 19.0. The molecule has 150 valence electrons. The second-order valence-corrected chi connectivity index (χ2v) is 6.89.